The normalized spacial score (nSPS) is 17.1. The molecule has 1 aromatic heterocycles. The quantitative estimate of drug-likeness (QED) is 0.760. The number of hydrogen-bond donors (Lipinski definition) is 1. The third kappa shape index (κ3) is 3.48. The second-order valence-corrected chi connectivity index (χ2v) is 9.19. The Morgan fingerprint density at radius 2 is 1.76 bits per heavy atom. The summed E-state index contributed by atoms with van der Waals surface area (Å²) in [6.07, 6.45) is 0. The van der Waals surface area contributed by atoms with Gasteiger partial charge in [0.15, 0.2) is 0 Å². The molecular formula is C19H21N2O2S2+. The number of nitrogens with zero attached hydrogens (tertiary/aromatic N) is 1. The van der Waals surface area contributed by atoms with Crippen molar-refractivity contribution in [1.82, 2.24) is 4.31 Å². The molecule has 0 amide bonds. The maximum absolute atomic E-state index is 13.0. The van der Waals surface area contributed by atoms with Crippen LogP contribution in [0.4, 0.5) is 0 Å². The molecule has 1 fully saturated rings. The van der Waals surface area contributed by atoms with Gasteiger partial charge in [-0.2, -0.15) is 15.6 Å². The van der Waals surface area contributed by atoms with Gasteiger partial charge in [0.1, 0.15) is 6.54 Å². The van der Waals surface area contributed by atoms with Crippen molar-refractivity contribution in [1.29, 1.82) is 0 Å². The summed E-state index contributed by atoms with van der Waals surface area (Å²) in [5.41, 5.74) is 1.34. The highest BCUT2D eigenvalue weighted by atomic mass is 32.2. The molecule has 0 spiro atoms. The van der Waals surface area contributed by atoms with Gasteiger partial charge in [-0.25, -0.2) is 8.42 Å². The number of fused-ring (bicyclic) bond motifs is 1. The predicted molar refractivity (Wildman–Crippen MR) is 101 cm³/mol. The number of quaternary nitrogens is 1. The molecule has 0 atom stereocenters. The monoisotopic (exact) mass is 373 g/mol. The van der Waals surface area contributed by atoms with Gasteiger partial charge in [0.25, 0.3) is 0 Å². The fourth-order valence-corrected chi connectivity index (χ4v) is 5.52. The summed E-state index contributed by atoms with van der Waals surface area (Å²) in [6, 6.07) is 15.4. The lowest BCUT2D eigenvalue weighted by molar-refractivity contribution is -0.917. The molecule has 2 aromatic carbocycles. The summed E-state index contributed by atoms with van der Waals surface area (Å²) in [5.74, 6) is 0. The van der Waals surface area contributed by atoms with Crippen LogP contribution < -0.4 is 4.90 Å². The molecule has 1 N–H and O–H groups in total. The minimum Gasteiger partial charge on any atom is -0.329 e. The predicted octanol–water partition coefficient (Wildman–Crippen LogP) is 1.99. The Morgan fingerprint density at radius 3 is 2.48 bits per heavy atom. The number of benzene rings is 2. The van der Waals surface area contributed by atoms with Gasteiger partial charge in [0.05, 0.1) is 31.1 Å². The van der Waals surface area contributed by atoms with Crippen molar-refractivity contribution in [2.75, 3.05) is 26.2 Å². The summed E-state index contributed by atoms with van der Waals surface area (Å²) in [5, 5.41) is 6.29. The molecule has 0 radical (unpaired) electrons. The fraction of sp³-hybridized carbons (Fsp3) is 0.263. The molecule has 6 heteroatoms. The SMILES string of the molecule is O=S(=O)(c1ccc2ccccc2c1)N1CC[NH+](Cc2ccsc2)CC1. The van der Waals surface area contributed by atoms with E-state index >= 15 is 0 Å². The zero-order chi connectivity index (χ0) is 17.3. The van der Waals surface area contributed by atoms with E-state index in [0.717, 1.165) is 30.4 Å². The number of rotatable bonds is 4. The van der Waals surface area contributed by atoms with Crippen molar-refractivity contribution in [2.45, 2.75) is 11.4 Å². The molecule has 1 aliphatic rings. The van der Waals surface area contributed by atoms with E-state index in [4.69, 9.17) is 0 Å². The zero-order valence-corrected chi connectivity index (χ0v) is 15.5. The van der Waals surface area contributed by atoms with Crippen molar-refractivity contribution >= 4 is 32.1 Å². The minimum atomic E-state index is -3.42. The highest BCUT2D eigenvalue weighted by Gasteiger charge is 2.30. The Morgan fingerprint density at radius 1 is 1.00 bits per heavy atom. The Balaban J connectivity index is 1.49. The number of piperazine rings is 1. The average Bonchev–Trinajstić information content (AvgIpc) is 3.15. The largest absolute Gasteiger partial charge is 0.329 e. The summed E-state index contributed by atoms with van der Waals surface area (Å²) in [7, 11) is -3.42. The second-order valence-electron chi connectivity index (χ2n) is 6.47. The Labute approximate surface area is 152 Å². The van der Waals surface area contributed by atoms with Crippen molar-refractivity contribution in [3.63, 3.8) is 0 Å². The average molecular weight is 374 g/mol. The van der Waals surface area contributed by atoms with Crippen LogP contribution in [0.2, 0.25) is 0 Å². The van der Waals surface area contributed by atoms with Crippen LogP contribution in [-0.2, 0) is 16.6 Å². The Kier molecular flexibility index (Phi) is 4.60. The van der Waals surface area contributed by atoms with Gasteiger partial charge in [0, 0.05) is 5.56 Å². The lowest BCUT2D eigenvalue weighted by Gasteiger charge is -2.31. The van der Waals surface area contributed by atoms with E-state index in [2.05, 4.69) is 16.8 Å². The number of hydrogen-bond acceptors (Lipinski definition) is 3. The molecule has 3 aromatic rings. The van der Waals surface area contributed by atoms with Gasteiger partial charge in [-0.3, -0.25) is 0 Å². The first-order chi connectivity index (χ1) is 12.1. The molecule has 4 rings (SSSR count). The Hall–Kier alpha value is -1.73. The summed E-state index contributed by atoms with van der Waals surface area (Å²) >= 11 is 1.71. The molecule has 0 aliphatic carbocycles. The highest BCUT2D eigenvalue weighted by molar-refractivity contribution is 7.89. The third-order valence-electron chi connectivity index (χ3n) is 4.82. The van der Waals surface area contributed by atoms with E-state index in [1.54, 1.807) is 27.8 Å². The van der Waals surface area contributed by atoms with Gasteiger partial charge >= 0.3 is 0 Å². The molecule has 25 heavy (non-hydrogen) atoms. The number of thiophene rings is 1. The first kappa shape index (κ1) is 16.7. The van der Waals surface area contributed by atoms with Crippen LogP contribution >= 0.6 is 11.3 Å². The van der Waals surface area contributed by atoms with Crippen LogP contribution in [0.5, 0.6) is 0 Å². The summed E-state index contributed by atoms with van der Waals surface area (Å²) in [4.78, 5) is 1.84. The molecule has 1 aliphatic heterocycles. The van der Waals surface area contributed by atoms with Crippen LogP contribution in [0.1, 0.15) is 5.56 Å². The van der Waals surface area contributed by atoms with Crippen LogP contribution in [0.15, 0.2) is 64.2 Å². The molecule has 1 saturated heterocycles. The first-order valence-electron chi connectivity index (χ1n) is 8.46. The maximum atomic E-state index is 13.0. The van der Waals surface area contributed by atoms with E-state index in [1.165, 1.54) is 10.5 Å². The smallest absolute Gasteiger partial charge is 0.243 e. The molecule has 4 nitrogen and oxygen atoms in total. The summed E-state index contributed by atoms with van der Waals surface area (Å²) < 4.78 is 27.6. The van der Waals surface area contributed by atoms with Crippen molar-refractivity contribution in [3.8, 4) is 0 Å². The van der Waals surface area contributed by atoms with Crippen LogP contribution in [0.25, 0.3) is 10.8 Å². The van der Waals surface area contributed by atoms with Gasteiger partial charge < -0.3 is 4.90 Å². The molecular weight excluding hydrogens is 352 g/mol. The topological polar surface area (TPSA) is 41.8 Å². The van der Waals surface area contributed by atoms with Gasteiger partial charge in [-0.1, -0.05) is 30.3 Å². The fourth-order valence-electron chi connectivity index (χ4n) is 3.38. The molecule has 0 unspecified atom stereocenters. The number of sulfonamides is 1. The molecule has 0 saturated carbocycles. The van der Waals surface area contributed by atoms with E-state index < -0.39 is 10.0 Å². The van der Waals surface area contributed by atoms with Gasteiger partial charge in [-0.15, -0.1) is 0 Å². The van der Waals surface area contributed by atoms with E-state index in [1.807, 2.05) is 30.3 Å². The molecule has 0 bridgehead atoms. The van der Waals surface area contributed by atoms with Crippen molar-refractivity contribution in [2.24, 2.45) is 0 Å². The molecule has 130 valence electrons. The van der Waals surface area contributed by atoms with E-state index in [-0.39, 0.29) is 0 Å². The van der Waals surface area contributed by atoms with Gasteiger partial charge in [-0.05, 0) is 39.7 Å². The third-order valence-corrected chi connectivity index (χ3v) is 7.45. The van der Waals surface area contributed by atoms with Gasteiger partial charge in [0.2, 0.25) is 10.0 Å². The molecule has 2 heterocycles. The van der Waals surface area contributed by atoms with E-state index in [9.17, 15) is 8.42 Å². The second kappa shape index (κ2) is 6.88. The summed E-state index contributed by atoms with van der Waals surface area (Å²) in [6.45, 7) is 3.84. The minimum absolute atomic E-state index is 0.396. The van der Waals surface area contributed by atoms with Crippen molar-refractivity contribution < 1.29 is 13.3 Å². The lowest BCUT2D eigenvalue weighted by Crippen LogP contribution is -3.13. The lowest BCUT2D eigenvalue weighted by atomic mass is 10.1. The Bertz CT molecular complexity index is 960. The first-order valence-corrected chi connectivity index (χ1v) is 10.8. The van der Waals surface area contributed by atoms with E-state index in [0.29, 0.717) is 18.0 Å². The highest BCUT2D eigenvalue weighted by Crippen LogP contribution is 2.22. The zero-order valence-electron chi connectivity index (χ0n) is 13.9. The number of nitrogens with one attached hydrogen (secondary N) is 1. The van der Waals surface area contributed by atoms with Crippen LogP contribution in [0.3, 0.4) is 0 Å². The van der Waals surface area contributed by atoms with Crippen LogP contribution in [0, 0.1) is 0 Å². The maximum Gasteiger partial charge on any atom is 0.243 e. The van der Waals surface area contributed by atoms with Crippen LogP contribution in [-0.4, -0.2) is 38.9 Å². The van der Waals surface area contributed by atoms with Crippen molar-refractivity contribution in [3.05, 3.63) is 64.9 Å². The standard InChI is InChI=1S/C19H20N2O2S2/c22-25(23,19-6-5-17-3-1-2-4-18(17)13-19)21-10-8-20(9-11-21)14-16-7-12-24-15-16/h1-7,12-13,15H,8-11,14H2/p+1.